The number of rotatable bonds is 4. The van der Waals surface area contributed by atoms with E-state index in [1.54, 1.807) is 18.3 Å². The van der Waals surface area contributed by atoms with Crippen LogP contribution in [0.2, 0.25) is 0 Å². The lowest BCUT2D eigenvalue weighted by Crippen LogP contribution is -2.31. The van der Waals surface area contributed by atoms with Crippen molar-refractivity contribution in [1.82, 2.24) is 14.3 Å². The monoisotopic (exact) mass is 348 g/mol. The van der Waals surface area contributed by atoms with E-state index in [0.29, 0.717) is 12.0 Å². The van der Waals surface area contributed by atoms with Gasteiger partial charge in [0.05, 0.1) is 6.54 Å². The maximum Gasteiger partial charge on any atom is 0.283 e. The van der Waals surface area contributed by atoms with Crippen molar-refractivity contribution in [3.8, 4) is 0 Å². The van der Waals surface area contributed by atoms with Gasteiger partial charge >= 0.3 is 0 Å². The molecule has 6 heteroatoms. The van der Waals surface area contributed by atoms with Crippen LogP contribution in [0.4, 0.5) is 0 Å². The van der Waals surface area contributed by atoms with Gasteiger partial charge in [-0.15, -0.1) is 0 Å². The second kappa shape index (κ2) is 7.74. The van der Waals surface area contributed by atoms with Crippen molar-refractivity contribution >= 4 is 5.91 Å². The Balaban J connectivity index is 1.99. The van der Waals surface area contributed by atoms with Crippen LogP contribution in [-0.2, 0) is 6.54 Å². The molecule has 6 nitrogen and oxygen atoms in total. The molecule has 2 heterocycles. The molecule has 0 fully saturated rings. The summed E-state index contributed by atoms with van der Waals surface area (Å²) in [4.78, 5) is 29.5. The van der Waals surface area contributed by atoms with Gasteiger partial charge in [0.2, 0.25) is 0 Å². The minimum atomic E-state index is -0.327. The highest BCUT2D eigenvalue weighted by Gasteiger charge is 2.13. The van der Waals surface area contributed by atoms with E-state index in [4.69, 9.17) is 0 Å². The molecule has 0 radical (unpaired) electrons. The van der Waals surface area contributed by atoms with Gasteiger partial charge in [-0.1, -0.05) is 36.4 Å². The number of benzene rings is 1. The molecule has 3 rings (SSSR count). The summed E-state index contributed by atoms with van der Waals surface area (Å²) in [5, 5.41) is 4.26. The highest BCUT2D eigenvalue weighted by atomic mass is 16.2. The van der Waals surface area contributed by atoms with E-state index in [2.05, 4.69) is 10.1 Å². The zero-order chi connectivity index (χ0) is 18.5. The van der Waals surface area contributed by atoms with Crippen LogP contribution in [0.3, 0.4) is 0 Å². The number of hydrogen-bond donors (Lipinski definition) is 0. The van der Waals surface area contributed by atoms with Gasteiger partial charge < -0.3 is 0 Å². The summed E-state index contributed by atoms with van der Waals surface area (Å²) in [6.45, 7) is 4.20. The summed E-state index contributed by atoms with van der Waals surface area (Å²) in [5.41, 5.74) is 1.43. The lowest BCUT2D eigenvalue weighted by atomic mass is 10.2. The largest absolute Gasteiger partial charge is 0.283 e. The topological polar surface area (TPSA) is 69.2 Å². The zero-order valence-corrected chi connectivity index (χ0v) is 14.7. The van der Waals surface area contributed by atoms with Gasteiger partial charge in [0, 0.05) is 18.3 Å². The fourth-order valence-electron chi connectivity index (χ4n) is 2.53. The van der Waals surface area contributed by atoms with E-state index in [9.17, 15) is 9.59 Å². The highest BCUT2D eigenvalue weighted by Crippen LogP contribution is 2.01. The Morgan fingerprint density at radius 3 is 2.50 bits per heavy atom. The first-order valence-corrected chi connectivity index (χ1v) is 8.43. The van der Waals surface area contributed by atoms with Gasteiger partial charge in [-0.2, -0.15) is 5.10 Å². The molecule has 0 spiro atoms. The first kappa shape index (κ1) is 17.5. The molecule has 0 unspecified atom stereocenters. The molecular weight excluding hydrogens is 328 g/mol. The van der Waals surface area contributed by atoms with Crippen LogP contribution >= 0.6 is 0 Å². The number of carbonyl (C=O) groups is 1. The highest BCUT2D eigenvalue weighted by molar-refractivity contribution is 5.93. The average Bonchev–Trinajstić information content (AvgIpc) is 2.64. The number of aromatic nitrogens is 3. The van der Waals surface area contributed by atoms with Crippen LogP contribution in [0.25, 0.3) is 0 Å². The second-order valence-corrected chi connectivity index (χ2v) is 6.16. The summed E-state index contributed by atoms with van der Waals surface area (Å²) in [6, 6.07) is 17.8. The van der Waals surface area contributed by atoms with Crippen LogP contribution in [0, 0.1) is 0 Å². The third-order valence-corrected chi connectivity index (χ3v) is 3.71. The molecule has 26 heavy (non-hydrogen) atoms. The molecule has 0 atom stereocenters. The fourth-order valence-corrected chi connectivity index (χ4v) is 2.53. The van der Waals surface area contributed by atoms with Crippen LogP contribution in [0.1, 0.15) is 29.9 Å². The molecule has 1 aromatic carbocycles. The van der Waals surface area contributed by atoms with Gasteiger partial charge in [-0.3, -0.25) is 19.1 Å². The second-order valence-electron chi connectivity index (χ2n) is 6.16. The summed E-state index contributed by atoms with van der Waals surface area (Å²) in [7, 11) is 0. The van der Waals surface area contributed by atoms with Crippen LogP contribution in [0.15, 0.2) is 76.6 Å². The Morgan fingerprint density at radius 2 is 1.77 bits per heavy atom. The standard InChI is InChI=1S/C20H20N4O2/c1-15(2)21-18-10-6-7-13-23(18)20(26)17-11-12-19(25)24(22-17)14-16-8-4-3-5-9-16/h3-13,15H,14H2,1-2H3. The van der Waals surface area contributed by atoms with E-state index < -0.39 is 0 Å². The molecule has 0 saturated heterocycles. The molecule has 0 saturated carbocycles. The number of carbonyl (C=O) groups excluding carboxylic acids is 1. The normalized spacial score (nSPS) is 11.7. The minimum absolute atomic E-state index is 0.0523. The van der Waals surface area contributed by atoms with E-state index in [0.717, 1.165) is 5.56 Å². The van der Waals surface area contributed by atoms with Crippen LogP contribution in [0.5, 0.6) is 0 Å². The van der Waals surface area contributed by atoms with E-state index in [-0.39, 0.29) is 23.2 Å². The molecule has 0 aliphatic rings. The van der Waals surface area contributed by atoms with Gasteiger partial charge in [0.25, 0.3) is 11.5 Å². The number of nitrogens with zero attached hydrogens (tertiary/aromatic N) is 4. The Kier molecular flexibility index (Phi) is 5.22. The molecule has 3 aromatic rings. The Labute approximate surface area is 151 Å². The molecule has 2 aromatic heterocycles. The first-order chi connectivity index (χ1) is 12.5. The van der Waals surface area contributed by atoms with E-state index >= 15 is 0 Å². The van der Waals surface area contributed by atoms with Crippen molar-refractivity contribution in [2.45, 2.75) is 26.4 Å². The van der Waals surface area contributed by atoms with E-state index in [1.807, 2.05) is 50.2 Å². The van der Waals surface area contributed by atoms with Gasteiger partial charge in [0.1, 0.15) is 11.2 Å². The third kappa shape index (κ3) is 4.03. The lowest BCUT2D eigenvalue weighted by Gasteiger charge is -2.09. The molecule has 0 bridgehead atoms. The van der Waals surface area contributed by atoms with Crippen molar-refractivity contribution < 1.29 is 4.79 Å². The lowest BCUT2D eigenvalue weighted by molar-refractivity contribution is 0.0947. The minimum Gasteiger partial charge on any atom is -0.268 e. The molecular formula is C20H20N4O2. The van der Waals surface area contributed by atoms with Crippen LogP contribution < -0.4 is 11.0 Å². The average molecular weight is 348 g/mol. The predicted molar refractivity (Wildman–Crippen MR) is 98.9 cm³/mol. The SMILES string of the molecule is CC(C)N=c1ccccn1C(=O)c1ccc(=O)n(Cc2ccccc2)n1. The van der Waals surface area contributed by atoms with E-state index in [1.165, 1.54) is 21.4 Å². The van der Waals surface area contributed by atoms with Gasteiger partial charge in [-0.25, -0.2) is 4.68 Å². The summed E-state index contributed by atoms with van der Waals surface area (Å²) >= 11 is 0. The maximum absolute atomic E-state index is 12.9. The fraction of sp³-hybridized carbons (Fsp3) is 0.200. The summed E-state index contributed by atoms with van der Waals surface area (Å²) in [5.74, 6) is -0.327. The number of pyridine rings is 1. The number of hydrogen-bond acceptors (Lipinski definition) is 4. The third-order valence-electron chi connectivity index (χ3n) is 3.71. The van der Waals surface area contributed by atoms with Crippen LogP contribution in [-0.4, -0.2) is 26.3 Å². The van der Waals surface area contributed by atoms with Crippen molar-refractivity contribution in [2.24, 2.45) is 4.99 Å². The van der Waals surface area contributed by atoms with Gasteiger partial charge in [0.15, 0.2) is 0 Å². The smallest absolute Gasteiger partial charge is 0.268 e. The Hall–Kier alpha value is -3.28. The Morgan fingerprint density at radius 1 is 1.04 bits per heavy atom. The molecule has 0 aliphatic carbocycles. The predicted octanol–water partition coefficient (Wildman–Crippen LogP) is 2.09. The molecule has 132 valence electrons. The van der Waals surface area contributed by atoms with Crippen molar-refractivity contribution in [2.75, 3.05) is 0 Å². The van der Waals surface area contributed by atoms with Crippen molar-refractivity contribution in [3.63, 3.8) is 0 Å². The molecule has 0 amide bonds. The van der Waals surface area contributed by atoms with Crippen molar-refractivity contribution in [1.29, 1.82) is 0 Å². The first-order valence-electron chi connectivity index (χ1n) is 8.43. The van der Waals surface area contributed by atoms with Gasteiger partial charge in [-0.05, 0) is 37.6 Å². The van der Waals surface area contributed by atoms with Crippen molar-refractivity contribution in [3.05, 3.63) is 94.0 Å². The molecule has 0 N–H and O–H groups in total. The summed E-state index contributed by atoms with van der Waals surface area (Å²) < 4.78 is 2.74. The quantitative estimate of drug-likeness (QED) is 0.725. The maximum atomic E-state index is 12.9. The summed E-state index contributed by atoms with van der Waals surface area (Å²) in [6.07, 6.45) is 1.65. The Bertz CT molecular complexity index is 1030. The zero-order valence-electron chi connectivity index (χ0n) is 14.7. The molecule has 0 aliphatic heterocycles.